The molecule has 0 bridgehead atoms. The van der Waals surface area contributed by atoms with Crippen molar-refractivity contribution in [3.63, 3.8) is 0 Å². The summed E-state index contributed by atoms with van der Waals surface area (Å²) in [5, 5.41) is 10.2. The van der Waals surface area contributed by atoms with Gasteiger partial charge in [-0.25, -0.2) is 0 Å². The van der Waals surface area contributed by atoms with Crippen molar-refractivity contribution in [2.24, 2.45) is 16.7 Å². The number of ether oxygens (including phenoxy) is 1. The molecule has 0 aromatic carbocycles. The van der Waals surface area contributed by atoms with Gasteiger partial charge in [0, 0.05) is 11.0 Å². The highest BCUT2D eigenvalue weighted by atomic mass is 16.5. The number of aliphatic hydroxyl groups is 1. The van der Waals surface area contributed by atoms with E-state index >= 15 is 0 Å². The Hall–Kier alpha value is -1.99. The number of allylic oxidation sites excluding steroid dienone is 1. The van der Waals surface area contributed by atoms with Crippen molar-refractivity contribution in [2.75, 3.05) is 0 Å². The zero-order chi connectivity index (χ0) is 16.9. The summed E-state index contributed by atoms with van der Waals surface area (Å²) in [6.07, 6.45) is 13.9. The van der Waals surface area contributed by atoms with Crippen LogP contribution >= 0.6 is 0 Å². The fraction of sp³-hybridized carbons (Fsp3) is 0.550. The third kappa shape index (κ3) is 2.08. The minimum atomic E-state index is -0.484. The maximum atomic E-state index is 12.7. The Bertz CT molecular complexity index is 725. The molecule has 1 saturated carbocycles. The van der Waals surface area contributed by atoms with Gasteiger partial charge in [-0.2, -0.15) is 0 Å². The number of carbonyl (C=O) groups excluding carboxylic acids is 1. The molecule has 2 heterocycles. The summed E-state index contributed by atoms with van der Waals surface area (Å²) in [7, 11) is 0. The molecule has 24 heavy (non-hydrogen) atoms. The number of cyclic esters (lactones) is 1. The van der Waals surface area contributed by atoms with Gasteiger partial charge in [0.05, 0.1) is 30.0 Å². The Labute approximate surface area is 141 Å². The number of hydrogen-bond donors (Lipinski definition) is 1. The lowest BCUT2D eigenvalue weighted by Crippen LogP contribution is -2.52. The summed E-state index contributed by atoms with van der Waals surface area (Å²) in [5.74, 6) is 2.65. The highest BCUT2D eigenvalue weighted by Crippen LogP contribution is 2.62. The summed E-state index contributed by atoms with van der Waals surface area (Å²) in [4.78, 5) is 12.7. The van der Waals surface area contributed by atoms with Crippen LogP contribution in [0, 0.1) is 29.1 Å². The first-order chi connectivity index (χ1) is 11.5. The van der Waals surface area contributed by atoms with Gasteiger partial charge in [-0.15, -0.1) is 6.42 Å². The first-order valence-electron chi connectivity index (χ1n) is 8.60. The highest BCUT2D eigenvalue weighted by Gasteiger charge is 2.58. The van der Waals surface area contributed by atoms with Crippen molar-refractivity contribution in [2.45, 2.75) is 51.2 Å². The van der Waals surface area contributed by atoms with E-state index in [-0.39, 0.29) is 28.8 Å². The van der Waals surface area contributed by atoms with Crippen molar-refractivity contribution < 1.29 is 19.1 Å². The van der Waals surface area contributed by atoms with E-state index in [0.29, 0.717) is 12.8 Å². The van der Waals surface area contributed by atoms with Gasteiger partial charge in [0.25, 0.3) is 0 Å². The molecular weight excluding hydrogens is 304 g/mol. The molecular formula is C20H22O4. The first kappa shape index (κ1) is 15.5. The van der Waals surface area contributed by atoms with Crippen LogP contribution in [0.15, 0.2) is 34.7 Å². The summed E-state index contributed by atoms with van der Waals surface area (Å²) < 4.78 is 10.9. The summed E-state index contributed by atoms with van der Waals surface area (Å²) >= 11 is 0. The molecule has 4 heteroatoms. The van der Waals surface area contributed by atoms with Crippen LogP contribution in [-0.4, -0.2) is 17.2 Å². The molecule has 1 aromatic heterocycles. The largest absolute Gasteiger partial charge is 0.472 e. The molecule has 1 unspecified atom stereocenters. The molecule has 2 fully saturated rings. The second-order valence-electron chi connectivity index (χ2n) is 7.61. The molecule has 4 rings (SSSR count). The van der Waals surface area contributed by atoms with Crippen molar-refractivity contribution in [1.29, 1.82) is 0 Å². The van der Waals surface area contributed by atoms with E-state index in [9.17, 15) is 9.90 Å². The number of rotatable bonds is 1. The molecule has 1 aliphatic heterocycles. The molecule has 0 spiro atoms. The quantitative estimate of drug-likeness (QED) is 0.488. The maximum absolute atomic E-state index is 12.7. The lowest BCUT2D eigenvalue weighted by Gasteiger charge is -2.55. The van der Waals surface area contributed by atoms with Gasteiger partial charge in [-0.05, 0) is 43.7 Å². The SMILES string of the molecule is C#C[C@]12CCC(O)C=C1[C@@]1(C)C[C@@H](c3ccoc3)OC(=O)[C@@H]1CC2. The lowest BCUT2D eigenvalue weighted by atomic mass is 9.50. The summed E-state index contributed by atoms with van der Waals surface area (Å²) in [5.41, 5.74) is 1.22. The van der Waals surface area contributed by atoms with Crippen LogP contribution in [0.3, 0.4) is 0 Å². The van der Waals surface area contributed by atoms with Crippen LogP contribution in [0.4, 0.5) is 0 Å². The second-order valence-corrected chi connectivity index (χ2v) is 7.61. The van der Waals surface area contributed by atoms with E-state index in [0.717, 1.165) is 30.4 Å². The average molecular weight is 326 g/mol. The minimum absolute atomic E-state index is 0.165. The van der Waals surface area contributed by atoms with E-state index in [4.69, 9.17) is 15.6 Å². The second kappa shape index (κ2) is 5.26. The number of fused-ring (bicyclic) bond motifs is 3. The average Bonchev–Trinajstić information content (AvgIpc) is 3.09. The van der Waals surface area contributed by atoms with Crippen LogP contribution in [0.25, 0.3) is 0 Å². The van der Waals surface area contributed by atoms with Crippen LogP contribution in [-0.2, 0) is 9.53 Å². The Morgan fingerprint density at radius 2 is 2.17 bits per heavy atom. The molecule has 3 aliphatic rings. The highest BCUT2D eigenvalue weighted by molar-refractivity contribution is 5.76. The summed E-state index contributed by atoms with van der Waals surface area (Å²) in [6, 6.07) is 1.84. The third-order valence-corrected chi connectivity index (χ3v) is 6.33. The van der Waals surface area contributed by atoms with E-state index in [1.165, 1.54) is 0 Å². The monoisotopic (exact) mass is 326 g/mol. The van der Waals surface area contributed by atoms with Gasteiger partial charge < -0.3 is 14.3 Å². The Kier molecular flexibility index (Phi) is 3.40. The molecule has 4 nitrogen and oxygen atoms in total. The third-order valence-electron chi connectivity index (χ3n) is 6.33. The zero-order valence-corrected chi connectivity index (χ0v) is 13.8. The predicted octanol–water partition coefficient (Wildman–Crippen LogP) is 3.38. The van der Waals surface area contributed by atoms with Gasteiger partial charge in [0.1, 0.15) is 6.10 Å². The number of hydrogen-bond acceptors (Lipinski definition) is 4. The van der Waals surface area contributed by atoms with Crippen LogP contribution < -0.4 is 0 Å². The number of furan rings is 1. The molecule has 126 valence electrons. The van der Waals surface area contributed by atoms with Gasteiger partial charge in [-0.3, -0.25) is 4.79 Å². The fourth-order valence-electron chi connectivity index (χ4n) is 5.00. The van der Waals surface area contributed by atoms with Gasteiger partial charge >= 0.3 is 5.97 Å². The fourth-order valence-corrected chi connectivity index (χ4v) is 5.00. The molecule has 2 aliphatic carbocycles. The van der Waals surface area contributed by atoms with Crippen molar-refractivity contribution in [3.05, 3.63) is 35.8 Å². The van der Waals surface area contributed by atoms with Crippen LogP contribution in [0.5, 0.6) is 0 Å². The van der Waals surface area contributed by atoms with Gasteiger partial charge in [0.15, 0.2) is 0 Å². The molecule has 1 N–H and O–H groups in total. The topological polar surface area (TPSA) is 59.7 Å². The Morgan fingerprint density at radius 3 is 2.88 bits per heavy atom. The normalized spacial score (nSPS) is 41.5. The van der Waals surface area contributed by atoms with Crippen LogP contribution in [0.1, 0.15) is 50.7 Å². The number of carbonyl (C=O) groups is 1. The lowest BCUT2D eigenvalue weighted by molar-refractivity contribution is -0.174. The minimum Gasteiger partial charge on any atom is -0.472 e. The standard InChI is InChI=1S/C20H22O4/c1-3-20-7-4-14(21)10-17(20)19(2)11-16(13-6-9-23-12-13)24-18(22)15(19)5-8-20/h1,6,9-10,12,14-16,21H,4-5,7-8,11H2,2H3/t14?,15-,16-,19-,20+/m0/s1. The van der Waals surface area contributed by atoms with E-state index in [2.05, 4.69) is 12.8 Å². The number of esters is 1. The van der Waals surface area contributed by atoms with Gasteiger partial charge in [-0.1, -0.05) is 18.9 Å². The van der Waals surface area contributed by atoms with Crippen molar-refractivity contribution in [1.82, 2.24) is 0 Å². The predicted molar refractivity (Wildman–Crippen MR) is 87.6 cm³/mol. The van der Waals surface area contributed by atoms with E-state index < -0.39 is 6.10 Å². The number of aliphatic hydroxyl groups excluding tert-OH is 1. The van der Waals surface area contributed by atoms with Crippen molar-refractivity contribution >= 4 is 5.97 Å². The number of terminal acetylenes is 1. The first-order valence-corrected chi connectivity index (χ1v) is 8.60. The zero-order valence-electron chi connectivity index (χ0n) is 13.8. The smallest absolute Gasteiger partial charge is 0.310 e. The summed E-state index contributed by atoms with van der Waals surface area (Å²) in [6.45, 7) is 2.11. The molecule has 1 saturated heterocycles. The molecule has 1 aromatic rings. The molecule has 0 amide bonds. The Balaban J connectivity index is 1.79. The van der Waals surface area contributed by atoms with E-state index in [1.807, 2.05) is 12.1 Å². The molecule has 5 atom stereocenters. The van der Waals surface area contributed by atoms with E-state index in [1.54, 1.807) is 12.5 Å². The van der Waals surface area contributed by atoms with Crippen LogP contribution in [0.2, 0.25) is 0 Å². The van der Waals surface area contributed by atoms with Crippen molar-refractivity contribution in [3.8, 4) is 12.3 Å². The van der Waals surface area contributed by atoms with Gasteiger partial charge in [0.2, 0.25) is 0 Å². The Morgan fingerprint density at radius 1 is 1.38 bits per heavy atom. The maximum Gasteiger partial charge on any atom is 0.310 e. The molecule has 0 radical (unpaired) electrons.